The highest BCUT2D eigenvalue weighted by Crippen LogP contribution is 2.45. The van der Waals surface area contributed by atoms with Crippen LogP contribution in [0.3, 0.4) is 0 Å². The quantitative estimate of drug-likeness (QED) is 0.329. The van der Waals surface area contributed by atoms with Crippen molar-refractivity contribution in [2.24, 2.45) is 0 Å². The molecule has 1 aliphatic heterocycles. The SMILES string of the molecule is CCCC[C@H]1S[C@H](c2cccc(Oc3ccccc3)c2)N(CCCc2ccccc2)C1=O. The van der Waals surface area contributed by atoms with Crippen LogP contribution in [0.25, 0.3) is 0 Å². The number of hydrogen-bond acceptors (Lipinski definition) is 3. The van der Waals surface area contributed by atoms with Crippen molar-refractivity contribution < 1.29 is 9.53 Å². The third kappa shape index (κ3) is 5.74. The largest absolute Gasteiger partial charge is 0.457 e. The molecular weight excluding hydrogens is 414 g/mol. The topological polar surface area (TPSA) is 29.5 Å². The van der Waals surface area contributed by atoms with Crippen molar-refractivity contribution in [2.45, 2.75) is 49.7 Å². The second-order valence-electron chi connectivity index (χ2n) is 8.23. The number of amides is 1. The van der Waals surface area contributed by atoms with Crippen molar-refractivity contribution in [1.82, 2.24) is 4.90 Å². The fourth-order valence-electron chi connectivity index (χ4n) is 4.11. The molecule has 4 rings (SSSR count). The minimum absolute atomic E-state index is 0.0412. The first-order valence-electron chi connectivity index (χ1n) is 11.6. The van der Waals surface area contributed by atoms with Crippen LogP contribution < -0.4 is 4.74 Å². The summed E-state index contributed by atoms with van der Waals surface area (Å²) in [6.07, 6.45) is 5.10. The molecule has 0 spiro atoms. The number of benzene rings is 3. The number of ether oxygens (including phenoxy) is 1. The maximum absolute atomic E-state index is 13.3. The van der Waals surface area contributed by atoms with Gasteiger partial charge in [0.15, 0.2) is 0 Å². The molecule has 1 saturated heterocycles. The van der Waals surface area contributed by atoms with Crippen LogP contribution in [0.4, 0.5) is 0 Å². The number of nitrogens with zero attached hydrogens (tertiary/aromatic N) is 1. The molecule has 0 bridgehead atoms. The molecule has 1 fully saturated rings. The third-order valence-electron chi connectivity index (χ3n) is 5.78. The number of thioether (sulfide) groups is 1. The first-order valence-corrected chi connectivity index (χ1v) is 12.5. The highest BCUT2D eigenvalue weighted by Gasteiger charge is 2.40. The van der Waals surface area contributed by atoms with Gasteiger partial charge in [0.25, 0.3) is 0 Å². The number of para-hydroxylation sites is 1. The molecule has 3 nitrogen and oxygen atoms in total. The number of carbonyl (C=O) groups excluding carboxylic acids is 1. The lowest BCUT2D eigenvalue weighted by molar-refractivity contribution is -0.130. The normalized spacial score (nSPS) is 18.2. The summed E-state index contributed by atoms with van der Waals surface area (Å²) in [7, 11) is 0. The van der Waals surface area contributed by atoms with Crippen LogP contribution in [0.15, 0.2) is 84.9 Å². The first-order chi connectivity index (χ1) is 15.7. The lowest BCUT2D eigenvalue weighted by Crippen LogP contribution is -2.32. The molecule has 2 atom stereocenters. The van der Waals surface area contributed by atoms with Crippen molar-refractivity contribution in [3.8, 4) is 11.5 Å². The summed E-state index contributed by atoms with van der Waals surface area (Å²) >= 11 is 1.80. The van der Waals surface area contributed by atoms with E-state index in [1.807, 2.05) is 48.5 Å². The molecule has 4 heteroatoms. The number of hydrogen-bond donors (Lipinski definition) is 0. The van der Waals surface area contributed by atoms with Gasteiger partial charge in [0.1, 0.15) is 16.9 Å². The maximum atomic E-state index is 13.3. The van der Waals surface area contributed by atoms with Gasteiger partial charge < -0.3 is 9.64 Å². The van der Waals surface area contributed by atoms with Crippen LogP contribution in [0.1, 0.15) is 49.1 Å². The van der Waals surface area contributed by atoms with Crippen molar-refractivity contribution in [1.29, 1.82) is 0 Å². The summed E-state index contributed by atoms with van der Waals surface area (Å²) in [5.74, 6) is 1.92. The minimum Gasteiger partial charge on any atom is -0.457 e. The zero-order chi connectivity index (χ0) is 22.2. The Morgan fingerprint density at radius 1 is 0.875 bits per heavy atom. The van der Waals surface area contributed by atoms with Crippen molar-refractivity contribution in [2.75, 3.05) is 6.54 Å². The minimum atomic E-state index is 0.0412. The van der Waals surface area contributed by atoms with E-state index in [1.54, 1.807) is 11.8 Å². The van der Waals surface area contributed by atoms with Gasteiger partial charge in [0.05, 0.1) is 5.25 Å². The maximum Gasteiger partial charge on any atom is 0.236 e. The number of aryl methyl sites for hydroxylation is 1. The predicted molar refractivity (Wildman–Crippen MR) is 133 cm³/mol. The average Bonchev–Trinajstić information content (AvgIpc) is 3.14. The molecule has 0 unspecified atom stereocenters. The van der Waals surface area contributed by atoms with Crippen molar-refractivity contribution in [3.05, 3.63) is 96.1 Å². The second-order valence-corrected chi connectivity index (χ2v) is 9.52. The van der Waals surface area contributed by atoms with Gasteiger partial charge in [-0.05, 0) is 54.7 Å². The summed E-state index contributed by atoms with van der Waals surface area (Å²) in [6, 6.07) is 28.6. The monoisotopic (exact) mass is 445 g/mol. The van der Waals surface area contributed by atoms with Gasteiger partial charge in [0.2, 0.25) is 5.91 Å². The van der Waals surface area contributed by atoms with E-state index in [-0.39, 0.29) is 16.5 Å². The van der Waals surface area contributed by atoms with E-state index in [1.165, 1.54) is 5.56 Å². The summed E-state index contributed by atoms with van der Waals surface area (Å²) < 4.78 is 6.06. The van der Waals surface area contributed by atoms with Gasteiger partial charge in [-0.3, -0.25) is 4.79 Å². The van der Waals surface area contributed by atoms with Crippen LogP contribution >= 0.6 is 11.8 Å². The molecule has 0 aromatic heterocycles. The van der Waals surface area contributed by atoms with Crippen LogP contribution in [-0.2, 0) is 11.2 Å². The van der Waals surface area contributed by atoms with E-state index in [4.69, 9.17) is 4.74 Å². The van der Waals surface area contributed by atoms with Gasteiger partial charge >= 0.3 is 0 Å². The van der Waals surface area contributed by atoms with E-state index in [9.17, 15) is 4.79 Å². The molecular formula is C28H31NO2S. The molecule has 3 aromatic carbocycles. The third-order valence-corrected chi connectivity index (χ3v) is 7.33. The predicted octanol–water partition coefficient (Wildman–Crippen LogP) is 7.24. The Bertz CT molecular complexity index is 993. The molecule has 166 valence electrons. The lowest BCUT2D eigenvalue weighted by atomic mass is 10.1. The average molecular weight is 446 g/mol. The van der Waals surface area contributed by atoms with Gasteiger partial charge in [-0.2, -0.15) is 0 Å². The fourth-order valence-corrected chi connectivity index (χ4v) is 5.63. The van der Waals surface area contributed by atoms with Crippen molar-refractivity contribution >= 4 is 17.7 Å². The smallest absolute Gasteiger partial charge is 0.236 e. The Balaban J connectivity index is 1.49. The summed E-state index contributed by atoms with van der Waals surface area (Å²) in [6.45, 7) is 2.96. The van der Waals surface area contributed by atoms with E-state index in [0.29, 0.717) is 0 Å². The Kier molecular flexibility index (Phi) is 7.89. The van der Waals surface area contributed by atoms with E-state index < -0.39 is 0 Å². The first kappa shape index (κ1) is 22.5. The van der Waals surface area contributed by atoms with E-state index in [0.717, 1.165) is 55.7 Å². The molecule has 3 aromatic rings. The molecule has 0 aliphatic carbocycles. The van der Waals surface area contributed by atoms with Gasteiger partial charge in [-0.15, -0.1) is 11.8 Å². The van der Waals surface area contributed by atoms with Crippen LogP contribution in [0.2, 0.25) is 0 Å². The zero-order valence-electron chi connectivity index (χ0n) is 18.7. The fraction of sp³-hybridized carbons (Fsp3) is 0.321. The molecule has 0 saturated carbocycles. The summed E-state index contributed by atoms with van der Waals surface area (Å²) in [5, 5.41) is 0.0924. The molecule has 1 amide bonds. The highest BCUT2D eigenvalue weighted by molar-refractivity contribution is 8.01. The van der Waals surface area contributed by atoms with Gasteiger partial charge in [-0.1, -0.05) is 80.4 Å². The van der Waals surface area contributed by atoms with Crippen LogP contribution in [0, 0.1) is 0 Å². The Hall–Kier alpha value is -2.72. The summed E-state index contributed by atoms with van der Waals surface area (Å²) in [4.78, 5) is 15.4. The molecule has 0 N–H and O–H groups in total. The number of carbonyl (C=O) groups is 1. The highest BCUT2D eigenvalue weighted by atomic mass is 32.2. The van der Waals surface area contributed by atoms with Gasteiger partial charge in [-0.25, -0.2) is 0 Å². The Morgan fingerprint density at radius 3 is 2.34 bits per heavy atom. The van der Waals surface area contributed by atoms with Crippen LogP contribution in [0.5, 0.6) is 11.5 Å². The van der Waals surface area contributed by atoms with Crippen molar-refractivity contribution in [3.63, 3.8) is 0 Å². The number of rotatable bonds is 10. The molecule has 32 heavy (non-hydrogen) atoms. The second kappa shape index (κ2) is 11.2. The number of unbranched alkanes of at least 4 members (excludes halogenated alkanes) is 1. The molecule has 1 aliphatic rings. The Labute approximate surface area is 195 Å². The van der Waals surface area contributed by atoms with E-state index >= 15 is 0 Å². The molecule has 0 radical (unpaired) electrons. The Morgan fingerprint density at radius 2 is 1.59 bits per heavy atom. The lowest BCUT2D eigenvalue weighted by Gasteiger charge is -2.24. The standard InChI is InChI=1S/C28H31NO2S/c1-2-3-19-26-27(30)29(20-11-14-22-12-6-4-7-13-22)28(32-26)23-15-10-18-25(21-23)31-24-16-8-5-9-17-24/h4-10,12-13,15-18,21,26,28H,2-3,11,14,19-20H2,1H3/t26-,28-/m1/s1. The van der Waals surface area contributed by atoms with Crippen LogP contribution in [-0.4, -0.2) is 22.6 Å². The zero-order valence-corrected chi connectivity index (χ0v) is 19.5. The van der Waals surface area contributed by atoms with E-state index in [2.05, 4.69) is 48.2 Å². The molecule has 1 heterocycles. The summed E-state index contributed by atoms with van der Waals surface area (Å²) in [5.41, 5.74) is 2.46. The van der Waals surface area contributed by atoms with Gasteiger partial charge in [0, 0.05) is 6.54 Å².